The van der Waals surface area contributed by atoms with Gasteiger partial charge in [-0.1, -0.05) is 0 Å². The number of imidazole rings is 1. The quantitative estimate of drug-likeness (QED) is 0.668. The van der Waals surface area contributed by atoms with E-state index >= 15 is 0 Å². The monoisotopic (exact) mass is 341 g/mol. The fourth-order valence-electron chi connectivity index (χ4n) is 2.69. The highest BCUT2D eigenvalue weighted by Gasteiger charge is 2.14. The molecule has 130 valence electrons. The zero-order chi connectivity index (χ0) is 18.3. The van der Waals surface area contributed by atoms with Crippen molar-refractivity contribution in [2.75, 3.05) is 5.32 Å². The van der Waals surface area contributed by atoms with Crippen molar-refractivity contribution in [1.29, 1.82) is 0 Å². The summed E-state index contributed by atoms with van der Waals surface area (Å²) in [7, 11) is 1.87. The fourth-order valence-corrected chi connectivity index (χ4v) is 2.69. The molecule has 0 bridgehead atoms. The number of aliphatic carboxylic acids is 1. The maximum absolute atomic E-state index is 12.1. The number of nitrogens with zero attached hydrogens (tertiary/aromatic N) is 3. The molecule has 0 unspecified atom stereocenters. The highest BCUT2D eigenvalue weighted by atomic mass is 16.4. The summed E-state index contributed by atoms with van der Waals surface area (Å²) >= 11 is 0. The Hall–Kier alpha value is -3.16. The lowest BCUT2D eigenvalue weighted by Crippen LogP contribution is -2.21. The molecule has 3 rings (SSSR count). The second-order valence-corrected chi connectivity index (χ2v) is 6.09. The van der Waals surface area contributed by atoms with Gasteiger partial charge in [-0.15, -0.1) is 0 Å². The lowest BCUT2D eigenvalue weighted by molar-refractivity contribution is -0.136. The molecule has 3 aromatic rings. The van der Waals surface area contributed by atoms with E-state index in [1.54, 1.807) is 6.92 Å². The van der Waals surface area contributed by atoms with Gasteiger partial charge in [-0.25, -0.2) is 9.97 Å². The molecule has 3 N–H and O–H groups in total. The van der Waals surface area contributed by atoms with Crippen molar-refractivity contribution in [2.24, 2.45) is 7.05 Å². The number of hydrogen-bond donors (Lipinski definition) is 3. The van der Waals surface area contributed by atoms with Crippen LogP contribution in [0.4, 0.5) is 11.9 Å². The van der Waals surface area contributed by atoms with E-state index in [4.69, 9.17) is 5.11 Å². The van der Waals surface area contributed by atoms with E-state index in [1.807, 2.05) is 31.5 Å². The Morgan fingerprint density at radius 2 is 1.92 bits per heavy atom. The van der Waals surface area contributed by atoms with Crippen molar-refractivity contribution in [3.63, 3.8) is 0 Å². The maximum atomic E-state index is 12.1. The van der Waals surface area contributed by atoms with Crippen LogP contribution in [-0.4, -0.2) is 30.6 Å². The van der Waals surface area contributed by atoms with Gasteiger partial charge in [-0.05, 0) is 44.0 Å². The van der Waals surface area contributed by atoms with Gasteiger partial charge in [-0.2, -0.15) is 0 Å². The molecule has 1 aromatic carbocycles. The molecule has 8 heteroatoms. The first-order valence-corrected chi connectivity index (χ1v) is 7.78. The van der Waals surface area contributed by atoms with Crippen LogP contribution >= 0.6 is 0 Å². The molecular formula is C17H19N5O3. The normalized spacial score (nSPS) is 11.0. The number of nitrogens with one attached hydrogen (secondary N) is 2. The summed E-state index contributed by atoms with van der Waals surface area (Å²) in [6.45, 7) is 5.68. The van der Waals surface area contributed by atoms with Crippen molar-refractivity contribution < 1.29 is 9.90 Å². The summed E-state index contributed by atoms with van der Waals surface area (Å²) < 4.78 is 1.88. The summed E-state index contributed by atoms with van der Waals surface area (Å²) in [6.07, 6.45) is -0.362. The number of aromatic amines is 1. The van der Waals surface area contributed by atoms with E-state index in [0.717, 1.165) is 16.6 Å². The molecule has 0 aliphatic carbocycles. The topological polar surface area (TPSA) is 113 Å². The van der Waals surface area contributed by atoms with Crippen molar-refractivity contribution >= 4 is 28.9 Å². The standard InChI is InChI=1S/C17H19N5O3/c1-8-5-12-13(6-9(8)2)22(4)17(19-12)21-16-18-10(3)11(7-14(23)24)15(25)20-16/h5-6H,7H2,1-4H3,(H,23,24)(H2,18,19,20,21,25). The van der Waals surface area contributed by atoms with Gasteiger partial charge >= 0.3 is 5.97 Å². The largest absolute Gasteiger partial charge is 0.481 e. The minimum Gasteiger partial charge on any atom is -0.481 e. The number of fused-ring (bicyclic) bond motifs is 1. The van der Waals surface area contributed by atoms with Crippen molar-refractivity contribution in [2.45, 2.75) is 27.2 Å². The predicted molar refractivity (Wildman–Crippen MR) is 94.4 cm³/mol. The number of benzene rings is 1. The highest BCUT2D eigenvalue weighted by Crippen LogP contribution is 2.23. The SMILES string of the molecule is Cc1cc2nc(Nc3nc(C)c(CC(=O)O)c(=O)[nH]3)n(C)c2cc1C. The number of anilines is 2. The number of aryl methyl sites for hydroxylation is 4. The number of hydrogen-bond acceptors (Lipinski definition) is 5. The van der Waals surface area contributed by atoms with Crippen molar-refractivity contribution in [3.8, 4) is 0 Å². The van der Waals surface area contributed by atoms with Crippen LogP contribution in [0.15, 0.2) is 16.9 Å². The number of carbonyl (C=O) groups is 1. The average molecular weight is 341 g/mol. The van der Waals surface area contributed by atoms with Gasteiger partial charge in [0.2, 0.25) is 11.9 Å². The van der Waals surface area contributed by atoms with Crippen LogP contribution in [-0.2, 0) is 18.3 Å². The van der Waals surface area contributed by atoms with Crippen LogP contribution in [0.1, 0.15) is 22.4 Å². The minimum atomic E-state index is -1.07. The number of carboxylic acids is 1. The van der Waals surface area contributed by atoms with Crippen LogP contribution in [0.2, 0.25) is 0 Å². The van der Waals surface area contributed by atoms with E-state index in [0.29, 0.717) is 11.6 Å². The van der Waals surface area contributed by atoms with Gasteiger partial charge < -0.3 is 9.67 Å². The maximum Gasteiger partial charge on any atom is 0.308 e. The Labute approximate surface area is 143 Å². The zero-order valence-corrected chi connectivity index (χ0v) is 14.5. The van der Waals surface area contributed by atoms with E-state index in [2.05, 4.69) is 26.3 Å². The molecule has 25 heavy (non-hydrogen) atoms. The smallest absolute Gasteiger partial charge is 0.308 e. The van der Waals surface area contributed by atoms with Gasteiger partial charge in [-0.3, -0.25) is 19.9 Å². The van der Waals surface area contributed by atoms with Crippen LogP contribution in [0.25, 0.3) is 11.0 Å². The second kappa shape index (κ2) is 6.04. The number of aromatic nitrogens is 4. The van der Waals surface area contributed by atoms with E-state index < -0.39 is 11.5 Å². The summed E-state index contributed by atoms with van der Waals surface area (Å²) in [5.74, 6) is -0.311. The molecule has 2 aromatic heterocycles. The Bertz CT molecular complexity index is 1050. The Balaban J connectivity index is 2.00. The average Bonchev–Trinajstić information content (AvgIpc) is 2.80. The Morgan fingerprint density at radius 1 is 1.24 bits per heavy atom. The molecule has 0 aliphatic heterocycles. The van der Waals surface area contributed by atoms with Gasteiger partial charge in [0.05, 0.1) is 23.1 Å². The van der Waals surface area contributed by atoms with E-state index in [-0.39, 0.29) is 17.9 Å². The van der Waals surface area contributed by atoms with Crippen LogP contribution in [0.5, 0.6) is 0 Å². The molecule has 0 saturated heterocycles. The van der Waals surface area contributed by atoms with Crippen LogP contribution in [0.3, 0.4) is 0 Å². The highest BCUT2D eigenvalue weighted by molar-refractivity contribution is 5.81. The first-order valence-electron chi connectivity index (χ1n) is 7.78. The Morgan fingerprint density at radius 3 is 2.56 bits per heavy atom. The molecule has 0 radical (unpaired) electrons. The number of carboxylic acid groups (broad SMARTS) is 1. The third kappa shape index (κ3) is 3.10. The van der Waals surface area contributed by atoms with E-state index in [1.165, 1.54) is 5.56 Å². The molecule has 0 amide bonds. The minimum absolute atomic E-state index is 0.148. The van der Waals surface area contributed by atoms with E-state index in [9.17, 15) is 9.59 Å². The summed E-state index contributed by atoms with van der Waals surface area (Å²) in [6, 6.07) is 4.06. The van der Waals surface area contributed by atoms with Gasteiger partial charge in [0.1, 0.15) is 0 Å². The summed E-state index contributed by atoms with van der Waals surface area (Å²) in [5, 5.41) is 11.9. The lowest BCUT2D eigenvalue weighted by Gasteiger charge is -2.08. The second-order valence-electron chi connectivity index (χ2n) is 6.09. The molecule has 8 nitrogen and oxygen atoms in total. The van der Waals surface area contributed by atoms with Gasteiger partial charge in [0.15, 0.2) is 0 Å². The molecule has 0 fully saturated rings. The molecule has 2 heterocycles. The Kier molecular flexibility index (Phi) is 4.03. The van der Waals surface area contributed by atoms with Gasteiger partial charge in [0.25, 0.3) is 5.56 Å². The third-order valence-corrected chi connectivity index (χ3v) is 4.28. The van der Waals surface area contributed by atoms with Crippen LogP contribution < -0.4 is 10.9 Å². The molecule has 0 atom stereocenters. The fraction of sp³-hybridized carbons (Fsp3) is 0.294. The predicted octanol–water partition coefficient (Wildman–Crippen LogP) is 1.95. The first-order chi connectivity index (χ1) is 11.8. The molecule has 0 saturated carbocycles. The summed E-state index contributed by atoms with van der Waals surface area (Å²) in [4.78, 5) is 34.3. The summed E-state index contributed by atoms with van der Waals surface area (Å²) in [5.41, 5.74) is 4.18. The zero-order valence-electron chi connectivity index (χ0n) is 14.5. The molecular weight excluding hydrogens is 322 g/mol. The number of H-pyrrole nitrogens is 1. The third-order valence-electron chi connectivity index (χ3n) is 4.28. The number of rotatable bonds is 4. The van der Waals surface area contributed by atoms with Gasteiger partial charge in [0, 0.05) is 12.6 Å². The molecule has 0 aliphatic rings. The lowest BCUT2D eigenvalue weighted by atomic mass is 10.1. The first kappa shape index (κ1) is 16.7. The van der Waals surface area contributed by atoms with Crippen molar-refractivity contribution in [1.82, 2.24) is 19.5 Å². The van der Waals surface area contributed by atoms with Crippen molar-refractivity contribution in [3.05, 3.63) is 44.9 Å². The molecule has 0 spiro atoms. The van der Waals surface area contributed by atoms with Crippen LogP contribution in [0, 0.1) is 20.8 Å².